The minimum absolute atomic E-state index is 0.194. The Morgan fingerprint density at radius 2 is 1.90 bits per heavy atom. The van der Waals surface area contributed by atoms with Gasteiger partial charge in [-0.15, -0.1) is 0 Å². The van der Waals surface area contributed by atoms with E-state index < -0.39 is 6.04 Å². The molecule has 114 valence electrons. The summed E-state index contributed by atoms with van der Waals surface area (Å²) in [5.41, 5.74) is 1.03. The molecule has 3 amide bonds. The van der Waals surface area contributed by atoms with Crippen LogP contribution < -0.4 is 10.6 Å². The summed E-state index contributed by atoms with van der Waals surface area (Å²) >= 11 is 0. The second-order valence-corrected chi connectivity index (χ2v) is 4.97. The molecule has 0 bridgehead atoms. The molecule has 6 heteroatoms. The van der Waals surface area contributed by atoms with Crippen LogP contribution in [0.3, 0.4) is 0 Å². The van der Waals surface area contributed by atoms with Crippen molar-refractivity contribution in [3.8, 4) is 0 Å². The Morgan fingerprint density at radius 3 is 2.57 bits per heavy atom. The molecule has 2 N–H and O–H groups in total. The molecule has 1 fully saturated rings. The van der Waals surface area contributed by atoms with Gasteiger partial charge >= 0.3 is 6.03 Å². The highest BCUT2D eigenvalue weighted by atomic mass is 16.5. The molecule has 1 saturated heterocycles. The van der Waals surface area contributed by atoms with Gasteiger partial charge in [0.2, 0.25) is 5.91 Å². The van der Waals surface area contributed by atoms with E-state index in [1.165, 1.54) is 0 Å². The quantitative estimate of drug-likeness (QED) is 0.859. The van der Waals surface area contributed by atoms with E-state index in [-0.39, 0.29) is 11.9 Å². The van der Waals surface area contributed by atoms with Crippen molar-refractivity contribution in [1.82, 2.24) is 15.5 Å². The molecule has 0 radical (unpaired) electrons. The third-order valence-electron chi connectivity index (χ3n) is 3.34. The summed E-state index contributed by atoms with van der Waals surface area (Å²) in [6.07, 6.45) is 0. The molecule has 0 spiro atoms. The van der Waals surface area contributed by atoms with Crippen molar-refractivity contribution in [3.05, 3.63) is 35.9 Å². The van der Waals surface area contributed by atoms with Crippen molar-refractivity contribution >= 4 is 11.9 Å². The Hall–Kier alpha value is -2.08. The van der Waals surface area contributed by atoms with Crippen LogP contribution in [0.4, 0.5) is 4.79 Å². The highest BCUT2D eigenvalue weighted by molar-refractivity contribution is 5.86. The van der Waals surface area contributed by atoms with E-state index in [4.69, 9.17) is 4.74 Å². The summed E-state index contributed by atoms with van der Waals surface area (Å²) in [6, 6.07) is 8.87. The van der Waals surface area contributed by atoms with Crippen molar-refractivity contribution in [2.75, 3.05) is 26.3 Å². The van der Waals surface area contributed by atoms with E-state index >= 15 is 0 Å². The summed E-state index contributed by atoms with van der Waals surface area (Å²) in [7, 11) is 0. The highest BCUT2D eigenvalue weighted by Gasteiger charge is 2.21. The molecule has 1 aromatic carbocycles. The zero-order valence-electron chi connectivity index (χ0n) is 12.2. The second kappa shape index (κ2) is 7.64. The zero-order valence-corrected chi connectivity index (χ0v) is 12.2. The van der Waals surface area contributed by atoms with Crippen LogP contribution in [0.1, 0.15) is 12.5 Å². The van der Waals surface area contributed by atoms with Crippen molar-refractivity contribution in [2.24, 2.45) is 0 Å². The molecule has 0 saturated carbocycles. The molecule has 6 nitrogen and oxygen atoms in total. The summed E-state index contributed by atoms with van der Waals surface area (Å²) in [6.45, 7) is 4.34. The summed E-state index contributed by atoms with van der Waals surface area (Å²) in [5, 5.41) is 5.52. The van der Waals surface area contributed by atoms with Gasteiger partial charge in [0.25, 0.3) is 0 Å². The number of carbonyl (C=O) groups excluding carboxylic acids is 2. The largest absolute Gasteiger partial charge is 0.378 e. The average Bonchev–Trinajstić information content (AvgIpc) is 2.54. The summed E-state index contributed by atoms with van der Waals surface area (Å²) in [4.78, 5) is 25.6. The van der Waals surface area contributed by atoms with Gasteiger partial charge in [0.1, 0.15) is 6.04 Å². The smallest absolute Gasteiger partial charge is 0.318 e. The molecule has 1 aliphatic rings. The molecule has 21 heavy (non-hydrogen) atoms. The Bertz CT molecular complexity index is 472. The van der Waals surface area contributed by atoms with Crippen LogP contribution in [0.2, 0.25) is 0 Å². The highest BCUT2D eigenvalue weighted by Crippen LogP contribution is 1.99. The average molecular weight is 291 g/mol. The number of hydrogen-bond donors (Lipinski definition) is 2. The summed E-state index contributed by atoms with van der Waals surface area (Å²) in [5.74, 6) is -0.194. The number of morpholine rings is 1. The molecule has 1 heterocycles. The fourth-order valence-electron chi connectivity index (χ4n) is 2.05. The van der Waals surface area contributed by atoms with Crippen LogP contribution >= 0.6 is 0 Å². The van der Waals surface area contributed by atoms with Gasteiger partial charge in [-0.2, -0.15) is 0 Å². The predicted molar refractivity (Wildman–Crippen MR) is 78.7 cm³/mol. The van der Waals surface area contributed by atoms with Crippen LogP contribution in [0.5, 0.6) is 0 Å². The van der Waals surface area contributed by atoms with Gasteiger partial charge in [-0.3, -0.25) is 4.79 Å². The van der Waals surface area contributed by atoms with E-state index in [1.54, 1.807) is 11.8 Å². The molecular weight excluding hydrogens is 270 g/mol. The number of benzene rings is 1. The number of urea groups is 1. The van der Waals surface area contributed by atoms with Gasteiger partial charge < -0.3 is 20.3 Å². The molecule has 1 aliphatic heterocycles. The van der Waals surface area contributed by atoms with Crippen LogP contribution in [-0.2, 0) is 16.1 Å². The lowest BCUT2D eigenvalue weighted by atomic mass is 10.2. The minimum Gasteiger partial charge on any atom is -0.378 e. The third kappa shape index (κ3) is 4.75. The molecule has 2 rings (SSSR count). The number of ether oxygens (including phenoxy) is 1. The monoisotopic (exact) mass is 291 g/mol. The van der Waals surface area contributed by atoms with Gasteiger partial charge in [-0.25, -0.2) is 4.79 Å². The van der Waals surface area contributed by atoms with Crippen molar-refractivity contribution in [2.45, 2.75) is 19.5 Å². The predicted octanol–water partition coefficient (Wildman–Crippen LogP) is 0.733. The molecular formula is C15H21N3O3. The van der Waals surface area contributed by atoms with E-state index in [2.05, 4.69) is 10.6 Å². The second-order valence-electron chi connectivity index (χ2n) is 4.97. The first-order valence-corrected chi connectivity index (χ1v) is 7.11. The van der Waals surface area contributed by atoms with Gasteiger partial charge in [0, 0.05) is 19.6 Å². The first-order chi connectivity index (χ1) is 10.2. The SMILES string of the molecule is C[C@H](NC(=O)N1CCOCC1)C(=O)NCc1ccccc1. The fraction of sp³-hybridized carbons (Fsp3) is 0.467. The first-order valence-electron chi connectivity index (χ1n) is 7.11. The van der Waals surface area contributed by atoms with E-state index in [0.717, 1.165) is 5.56 Å². The van der Waals surface area contributed by atoms with Crippen LogP contribution in [0, 0.1) is 0 Å². The standard InChI is InChI=1S/C15H21N3O3/c1-12(17-15(20)18-7-9-21-10-8-18)14(19)16-11-13-5-3-2-4-6-13/h2-6,12H,7-11H2,1H3,(H,16,19)(H,17,20)/t12-/m0/s1. The maximum Gasteiger partial charge on any atom is 0.318 e. The minimum atomic E-state index is -0.566. The van der Waals surface area contributed by atoms with Crippen LogP contribution in [-0.4, -0.2) is 49.2 Å². The Labute approximate surface area is 124 Å². The molecule has 1 aromatic rings. The maximum absolute atomic E-state index is 12.0. The van der Waals surface area contributed by atoms with Gasteiger partial charge in [0.05, 0.1) is 13.2 Å². The number of carbonyl (C=O) groups is 2. The third-order valence-corrected chi connectivity index (χ3v) is 3.34. The van der Waals surface area contributed by atoms with Gasteiger partial charge in [-0.05, 0) is 12.5 Å². The first kappa shape index (κ1) is 15.3. The normalized spacial score (nSPS) is 16.1. The molecule has 1 atom stereocenters. The lowest BCUT2D eigenvalue weighted by Crippen LogP contribution is -2.52. The number of rotatable bonds is 4. The number of nitrogens with one attached hydrogen (secondary N) is 2. The zero-order chi connectivity index (χ0) is 15.1. The lowest BCUT2D eigenvalue weighted by Gasteiger charge is -2.28. The van der Waals surface area contributed by atoms with Gasteiger partial charge in [0.15, 0.2) is 0 Å². The maximum atomic E-state index is 12.0. The Morgan fingerprint density at radius 1 is 1.24 bits per heavy atom. The van der Waals surface area contributed by atoms with Crippen molar-refractivity contribution < 1.29 is 14.3 Å². The summed E-state index contributed by atoms with van der Waals surface area (Å²) < 4.78 is 5.19. The molecule has 0 unspecified atom stereocenters. The van der Waals surface area contributed by atoms with Crippen LogP contribution in [0.25, 0.3) is 0 Å². The number of hydrogen-bond acceptors (Lipinski definition) is 3. The number of nitrogens with zero attached hydrogens (tertiary/aromatic N) is 1. The fourth-order valence-corrected chi connectivity index (χ4v) is 2.05. The van der Waals surface area contributed by atoms with E-state index in [0.29, 0.717) is 32.8 Å². The van der Waals surface area contributed by atoms with E-state index in [9.17, 15) is 9.59 Å². The van der Waals surface area contributed by atoms with Crippen molar-refractivity contribution in [1.29, 1.82) is 0 Å². The number of amides is 3. The Kier molecular flexibility index (Phi) is 5.57. The lowest BCUT2D eigenvalue weighted by molar-refractivity contribution is -0.122. The van der Waals surface area contributed by atoms with Gasteiger partial charge in [-0.1, -0.05) is 30.3 Å². The van der Waals surface area contributed by atoms with Crippen molar-refractivity contribution in [3.63, 3.8) is 0 Å². The Balaban J connectivity index is 1.75. The molecule has 0 aromatic heterocycles. The van der Waals surface area contributed by atoms with E-state index in [1.807, 2.05) is 30.3 Å². The molecule has 0 aliphatic carbocycles. The van der Waals surface area contributed by atoms with Crippen LogP contribution in [0.15, 0.2) is 30.3 Å². The topological polar surface area (TPSA) is 70.7 Å².